The van der Waals surface area contributed by atoms with E-state index in [0.29, 0.717) is 12.2 Å². The van der Waals surface area contributed by atoms with Gasteiger partial charge in [-0.2, -0.15) is 0 Å². The summed E-state index contributed by atoms with van der Waals surface area (Å²) >= 11 is 5.89. The maximum absolute atomic E-state index is 11.9. The van der Waals surface area contributed by atoms with Crippen LogP contribution >= 0.6 is 11.6 Å². The molecule has 2 N–H and O–H groups in total. The number of carbonyl (C=O) groups is 1. The lowest BCUT2D eigenvalue weighted by atomic mass is 10.0. The number of nitrogens with one attached hydrogen (secondary N) is 1. The Hall–Kier alpha value is -1.17. The van der Waals surface area contributed by atoms with Gasteiger partial charge in [0.15, 0.2) is 5.15 Å². The molecule has 0 unspecified atom stereocenters. The molecule has 0 saturated heterocycles. The lowest BCUT2D eigenvalue weighted by Gasteiger charge is -2.28. The number of hydrogen-bond donors (Lipinski definition) is 2. The van der Waals surface area contributed by atoms with E-state index in [1.165, 1.54) is 0 Å². The lowest BCUT2D eigenvalue weighted by Crippen LogP contribution is -2.42. The number of hydrogen-bond acceptors (Lipinski definition) is 4. The van der Waals surface area contributed by atoms with Gasteiger partial charge in [-0.3, -0.25) is 9.69 Å². The highest BCUT2D eigenvalue weighted by Crippen LogP contribution is 2.29. The van der Waals surface area contributed by atoms with Gasteiger partial charge in [-0.1, -0.05) is 24.4 Å². The normalized spacial score (nSPS) is 17.4. The van der Waals surface area contributed by atoms with Crippen LogP contribution in [-0.4, -0.2) is 46.6 Å². The number of anilines is 1. The van der Waals surface area contributed by atoms with E-state index in [0.717, 1.165) is 25.7 Å². The molecule has 0 spiro atoms. The van der Waals surface area contributed by atoms with Crippen LogP contribution in [0.5, 0.6) is 0 Å². The van der Waals surface area contributed by atoms with Gasteiger partial charge in [0.05, 0.1) is 17.8 Å². The SMILES string of the molecule is CN(CC(=O)Nc1cccnc1Cl)CC1(O)CCCC1. The van der Waals surface area contributed by atoms with E-state index in [9.17, 15) is 9.90 Å². The highest BCUT2D eigenvalue weighted by molar-refractivity contribution is 6.32. The smallest absolute Gasteiger partial charge is 0.238 e. The number of carbonyl (C=O) groups excluding carboxylic acids is 1. The summed E-state index contributed by atoms with van der Waals surface area (Å²) in [4.78, 5) is 17.7. The fourth-order valence-electron chi connectivity index (χ4n) is 2.66. The largest absolute Gasteiger partial charge is 0.389 e. The Morgan fingerprint density at radius 2 is 2.25 bits per heavy atom. The first-order valence-corrected chi connectivity index (χ1v) is 7.18. The average Bonchev–Trinajstić information content (AvgIpc) is 2.78. The number of aromatic nitrogens is 1. The number of halogens is 1. The van der Waals surface area contributed by atoms with E-state index in [1.54, 1.807) is 18.3 Å². The van der Waals surface area contributed by atoms with Crippen molar-refractivity contribution in [2.75, 3.05) is 25.5 Å². The van der Waals surface area contributed by atoms with Crippen LogP contribution in [0.4, 0.5) is 5.69 Å². The Morgan fingerprint density at radius 1 is 1.55 bits per heavy atom. The van der Waals surface area contributed by atoms with Crippen LogP contribution < -0.4 is 5.32 Å². The van der Waals surface area contributed by atoms with Crippen molar-refractivity contribution in [2.24, 2.45) is 0 Å². The van der Waals surface area contributed by atoms with Crippen molar-refractivity contribution in [3.63, 3.8) is 0 Å². The predicted octanol–water partition coefficient (Wildman–Crippen LogP) is 1.91. The highest BCUT2D eigenvalue weighted by Gasteiger charge is 2.32. The standard InChI is InChI=1S/C14H20ClN3O2/c1-18(10-14(20)6-2-3-7-14)9-12(19)17-11-5-4-8-16-13(11)15/h4-5,8,20H,2-3,6-7,9-10H2,1H3,(H,17,19). The van der Waals surface area contributed by atoms with Gasteiger partial charge in [0, 0.05) is 12.7 Å². The predicted molar refractivity (Wildman–Crippen MR) is 78.8 cm³/mol. The van der Waals surface area contributed by atoms with Gasteiger partial charge in [-0.25, -0.2) is 4.98 Å². The molecule has 0 bridgehead atoms. The minimum absolute atomic E-state index is 0.163. The van der Waals surface area contributed by atoms with Crippen LogP contribution in [0.25, 0.3) is 0 Å². The van der Waals surface area contributed by atoms with Crippen molar-refractivity contribution < 1.29 is 9.90 Å². The van der Waals surface area contributed by atoms with Crippen molar-refractivity contribution in [1.29, 1.82) is 0 Å². The Balaban J connectivity index is 1.83. The Morgan fingerprint density at radius 3 is 2.90 bits per heavy atom. The summed E-state index contributed by atoms with van der Waals surface area (Å²) in [7, 11) is 1.83. The van der Waals surface area contributed by atoms with Crippen LogP contribution in [0.15, 0.2) is 18.3 Å². The summed E-state index contributed by atoms with van der Waals surface area (Å²) < 4.78 is 0. The highest BCUT2D eigenvalue weighted by atomic mass is 35.5. The minimum Gasteiger partial charge on any atom is -0.389 e. The molecule has 1 aromatic rings. The van der Waals surface area contributed by atoms with E-state index in [-0.39, 0.29) is 17.6 Å². The molecule has 0 radical (unpaired) electrons. The zero-order valence-corrected chi connectivity index (χ0v) is 12.4. The minimum atomic E-state index is -0.638. The summed E-state index contributed by atoms with van der Waals surface area (Å²) in [6.45, 7) is 0.731. The van der Waals surface area contributed by atoms with Gasteiger partial charge in [-0.05, 0) is 32.0 Å². The van der Waals surface area contributed by atoms with E-state index >= 15 is 0 Å². The number of nitrogens with zero attached hydrogens (tertiary/aromatic N) is 2. The molecule has 1 aromatic heterocycles. The molecule has 1 heterocycles. The molecular weight excluding hydrogens is 278 g/mol. The molecule has 2 rings (SSSR count). The fraction of sp³-hybridized carbons (Fsp3) is 0.571. The molecule has 1 aliphatic rings. The molecule has 1 fully saturated rings. The Bertz CT molecular complexity index is 475. The van der Waals surface area contributed by atoms with E-state index in [2.05, 4.69) is 10.3 Å². The third kappa shape index (κ3) is 4.16. The number of pyridine rings is 1. The van der Waals surface area contributed by atoms with Gasteiger partial charge in [0.2, 0.25) is 5.91 Å². The van der Waals surface area contributed by atoms with Gasteiger partial charge in [-0.15, -0.1) is 0 Å². The summed E-state index contributed by atoms with van der Waals surface area (Å²) in [5.74, 6) is -0.163. The summed E-state index contributed by atoms with van der Waals surface area (Å²) in [5, 5.41) is 13.3. The average molecular weight is 298 g/mol. The molecule has 20 heavy (non-hydrogen) atoms. The van der Waals surface area contributed by atoms with Crippen molar-refractivity contribution in [2.45, 2.75) is 31.3 Å². The van der Waals surface area contributed by atoms with Crippen molar-refractivity contribution in [3.8, 4) is 0 Å². The first-order chi connectivity index (χ1) is 9.48. The second-order valence-electron chi connectivity index (χ2n) is 5.49. The second-order valence-corrected chi connectivity index (χ2v) is 5.85. The van der Waals surface area contributed by atoms with Gasteiger partial charge >= 0.3 is 0 Å². The van der Waals surface area contributed by atoms with Gasteiger partial charge in [0.1, 0.15) is 0 Å². The quantitative estimate of drug-likeness (QED) is 0.815. The molecule has 0 aliphatic heterocycles. The monoisotopic (exact) mass is 297 g/mol. The molecule has 0 atom stereocenters. The second kappa shape index (κ2) is 6.52. The van der Waals surface area contributed by atoms with Gasteiger partial charge in [0.25, 0.3) is 0 Å². The zero-order chi connectivity index (χ0) is 14.6. The molecule has 1 saturated carbocycles. The first kappa shape index (κ1) is 15.2. The van der Waals surface area contributed by atoms with Crippen LogP contribution in [0.2, 0.25) is 5.15 Å². The van der Waals surface area contributed by atoms with E-state index in [4.69, 9.17) is 11.6 Å². The van der Waals surface area contributed by atoms with Crippen LogP contribution in [0.3, 0.4) is 0 Å². The summed E-state index contributed by atoms with van der Waals surface area (Å²) in [5.41, 5.74) is -0.131. The topological polar surface area (TPSA) is 65.5 Å². The summed E-state index contributed by atoms with van der Waals surface area (Å²) in [6.07, 6.45) is 5.31. The molecule has 110 valence electrons. The molecule has 6 heteroatoms. The molecule has 1 amide bonds. The molecule has 1 aliphatic carbocycles. The number of likely N-dealkylation sites (N-methyl/N-ethyl adjacent to an activating group) is 1. The van der Waals surface area contributed by atoms with Crippen LogP contribution in [0.1, 0.15) is 25.7 Å². The van der Waals surface area contributed by atoms with Gasteiger partial charge < -0.3 is 10.4 Å². The first-order valence-electron chi connectivity index (χ1n) is 6.80. The zero-order valence-electron chi connectivity index (χ0n) is 11.6. The number of aliphatic hydroxyl groups is 1. The van der Waals surface area contributed by atoms with Crippen molar-refractivity contribution >= 4 is 23.2 Å². The van der Waals surface area contributed by atoms with E-state index in [1.807, 2.05) is 11.9 Å². The van der Waals surface area contributed by atoms with Crippen LogP contribution in [0, 0.1) is 0 Å². The third-order valence-electron chi connectivity index (χ3n) is 3.55. The van der Waals surface area contributed by atoms with E-state index < -0.39 is 5.60 Å². The van der Waals surface area contributed by atoms with Crippen molar-refractivity contribution in [3.05, 3.63) is 23.5 Å². The number of rotatable bonds is 5. The maximum atomic E-state index is 11.9. The van der Waals surface area contributed by atoms with Crippen LogP contribution in [-0.2, 0) is 4.79 Å². The molecule has 5 nitrogen and oxygen atoms in total. The lowest BCUT2D eigenvalue weighted by molar-refractivity contribution is -0.117. The molecular formula is C14H20ClN3O2. The third-order valence-corrected chi connectivity index (χ3v) is 3.85. The Kier molecular flexibility index (Phi) is 4.96. The van der Waals surface area contributed by atoms with Crippen molar-refractivity contribution in [1.82, 2.24) is 9.88 Å². The maximum Gasteiger partial charge on any atom is 0.238 e. The Labute approximate surface area is 123 Å². The summed E-state index contributed by atoms with van der Waals surface area (Å²) in [6, 6.07) is 3.42. The fourth-order valence-corrected chi connectivity index (χ4v) is 2.83. The number of amides is 1. The molecule has 0 aromatic carbocycles.